The molecule has 0 spiro atoms. The number of hydrogen-bond donors (Lipinski definition) is 0. The number of aryl methyl sites for hydroxylation is 2. The van der Waals surface area contributed by atoms with Crippen molar-refractivity contribution >= 4 is 5.91 Å². The van der Waals surface area contributed by atoms with Gasteiger partial charge < -0.3 is 4.90 Å². The first kappa shape index (κ1) is 14.8. The molecule has 1 fully saturated rings. The second kappa shape index (κ2) is 6.30. The minimum Gasteiger partial charge on any atom is -0.337 e. The Morgan fingerprint density at radius 3 is 2.95 bits per heavy atom. The van der Waals surface area contributed by atoms with E-state index >= 15 is 0 Å². The van der Waals surface area contributed by atoms with Crippen LogP contribution in [-0.4, -0.2) is 38.7 Å². The number of hydrogen-bond acceptors (Lipinski definition) is 3. The van der Waals surface area contributed by atoms with Crippen LogP contribution in [-0.2, 0) is 13.5 Å². The van der Waals surface area contributed by atoms with Crippen LogP contribution in [0.3, 0.4) is 0 Å². The van der Waals surface area contributed by atoms with Gasteiger partial charge in [0.05, 0.1) is 0 Å². The number of nitrogens with zero attached hydrogens (tertiary/aromatic N) is 4. The zero-order valence-electron chi connectivity index (χ0n) is 13.2. The Labute approximate surface area is 131 Å². The Kier molecular flexibility index (Phi) is 4.22. The number of piperidine rings is 1. The molecule has 1 unspecified atom stereocenters. The number of pyridine rings is 1. The molecule has 0 aromatic carbocycles. The minimum absolute atomic E-state index is 0.0851. The van der Waals surface area contributed by atoms with E-state index in [4.69, 9.17) is 0 Å². The lowest BCUT2D eigenvalue weighted by Gasteiger charge is -2.32. The molecule has 1 atom stereocenters. The smallest absolute Gasteiger partial charge is 0.272 e. The molecule has 0 aliphatic carbocycles. The maximum atomic E-state index is 12.6. The van der Waals surface area contributed by atoms with E-state index in [9.17, 15) is 4.79 Å². The molecule has 3 rings (SSSR count). The predicted octanol–water partition coefficient (Wildman–Crippen LogP) is 2.22. The van der Waals surface area contributed by atoms with Crippen molar-refractivity contribution in [1.29, 1.82) is 0 Å². The quantitative estimate of drug-likeness (QED) is 0.873. The number of carbonyl (C=O) groups excluding carboxylic acids is 1. The molecule has 1 aliphatic rings. The van der Waals surface area contributed by atoms with Gasteiger partial charge in [-0.25, -0.2) is 0 Å². The Morgan fingerprint density at radius 2 is 2.23 bits per heavy atom. The first-order chi connectivity index (χ1) is 10.6. The highest BCUT2D eigenvalue weighted by Gasteiger charge is 2.26. The third kappa shape index (κ3) is 3.18. The third-order valence-corrected chi connectivity index (χ3v) is 4.29. The van der Waals surface area contributed by atoms with E-state index in [1.54, 1.807) is 16.9 Å². The van der Waals surface area contributed by atoms with Crippen LogP contribution in [0, 0.1) is 12.8 Å². The fourth-order valence-corrected chi connectivity index (χ4v) is 3.17. The van der Waals surface area contributed by atoms with Crippen LogP contribution in [0.15, 0.2) is 30.5 Å². The molecule has 5 heteroatoms. The van der Waals surface area contributed by atoms with Gasteiger partial charge in [-0.15, -0.1) is 0 Å². The molecular formula is C17H22N4O. The lowest BCUT2D eigenvalue weighted by molar-refractivity contribution is 0.0661. The van der Waals surface area contributed by atoms with Gasteiger partial charge in [0.1, 0.15) is 5.69 Å². The molecular weight excluding hydrogens is 276 g/mol. The van der Waals surface area contributed by atoms with E-state index in [1.807, 2.05) is 24.9 Å². The molecule has 2 aromatic rings. The summed E-state index contributed by atoms with van der Waals surface area (Å²) in [7, 11) is 1.81. The summed E-state index contributed by atoms with van der Waals surface area (Å²) in [5.41, 5.74) is 2.84. The molecule has 1 saturated heterocycles. The fourth-order valence-electron chi connectivity index (χ4n) is 3.17. The van der Waals surface area contributed by atoms with Crippen molar-refractivity contribution in [2.45, 2.75) is 26.2 Å². The molecule has 2 aromatic heterocycles. The van der Waals surface area contributed by atoms with Gasteiger partial charge in [-0.2, -0.15) is 5.10 Å². The summed E-state index contributed by atoms with van der Waals surface area (Å²) in [6.07, 6.45) is 4.83. The summed E-state index contributed by atoms with van der Waals surface area (Å²) in [5, 5.41) is 4.09. The van der Waals surface area contributed by atoms with Crippen LogP contribution in [0.25, 0.3) is 0 Å². The Morgan fingerprint density at radius 1 is 1.36 bits per heavy atom. The number of likely N-dealkylation sites (tertiary alicyclic amines) is 1. The van der Waals surface area contributed by atoms with Crippen LogP contribution in [0.4, 0.5) is 0 Å². The molecule has 22 heavy (non-hydrogen) atoms. The van der Waals surface area contributed by atoms with E-state index in [0.29, 0.717) is 11.6 Å². The molecule has 0 saturated carbocycles. The number of amides is 1. The summed E-state index contributed by atoms with van der Waals surface area (Å²) in [6, 6.07) is 7.94. The lowest BCUT2D eigenvalue weighted by atomic mass is 9.93. The summed E-state index contributed by atoms with van der Waals surface area (Å²) >= 11 is 0. The topological polar surface area (TPSA) is 51.0 Å². The number of rotatable bonds is 3. The van der Waals surface area contributed by atoms with Gasteiger partial charge >= 0.3 is 0 Å². The number of aromatic nitrogens is 3. The van der Waals surface area contributed by atoms with Crippen molar-refractivity contribution in [1.82, 2.24) is 19.7 Å². The largest absolute Gasteiger partial charge is 0.337 e. The van der Waals surface area contributed by atoms with Gasteiger partial charge in [0, 0.05) is 37.7 Å². The van der Waals surface area contributed by atoms with Gasteiger partial charge in [-0.1, -0.05) is 6.07 Å². The van der Waals surface area contributed by atoms with Gasteiger partial charge in [0.2, 0.25) is 0 Å². The van der Waals surface area contributed by atoms with E-state index in [2.05, 4.69) is 22.2 Å². The Balaban J connectivity index is 1.67. The van der Waals surface area contributed by atoms with Crippen molar-refractivity contribution in [2.24, 2.45) is 13.0 Å². The average molecular weight is 298 g/mol. The molecule has 0 radical (unpaired) electrons. The van der Waals surface area contributed by atoms with Crippen molar-refractivity contribution < 1.29 is 4.79 Å². The lowest BCUT2D eigenvalue weighted by Crippen LogP contribution is -2.41. The van der Waals surface area contributed by atoms with E-state index in [1.165, 1.54) is 0 Å². The first-order valence-electron chi connectivity index (χ1n) is 7.83. The molecule has 0 bridgehead atoms. The molecule has 0 N–H and O–H groups in total. The van der Waals surface area contributed by atoms with E-state index in [-0.39, 0.29) is 5.91 Å². The zero-order chi connectivity index (χ0) is 15.5. The highest BCUT2D eigenvalue weighted by molar-refractivity contribution is 5.92. The van der Waals surface area contributed by atoms with Gasteiger partial charge in [0.15, 0.2) is 0 Å². The van der Waals surface area contributed by atoms with Crippen molar-refractivity contribution in [3.05, 3.63) is 47.5 Å². The second-order valence-electron chi connectivity index (χ2n) is 6.07. The standard InChI is InChI=1S/C17H22N4O/c1-13-5-3-7-15(19-13)11-14-6-4-10-21(12-14)17(22)16-8-9-18-20(16)2/h3,5,7-9,14H,4,6,10-12H2,1-2H3. The molecule has 5 nitrogen and oxygen atoms in total. The van der Waals surface area contributed by atoms with E-state index in [0.717, 1.165) is 43.7 Å². The SMILES string of the molecule is Cc1cccc(CC2CCCN(C(=O)c3ccnn3C)C2)n1. The summed E-state index contributed by atoms with van der Waals surface area (Å²) in [6.45, 7) is 3.66. The maximum Gasteiger partial charge on any atom is 0.272 e. The van der Waals surface area contributed by atoms with Crippen LogP contribution in [0.1, 0.15) is 34.7 Å². The number of carbonyl (C=O) groups is 1. The molecule has 116 valence electrons. The minimum atomic E-state index is 0.0851. The summed E-state index contributed by atoms with van der Waals surface area (Å²) in [4.78, 5) is 19.1. The monoisotopic (exact) mass is 298 g/mol. The summed E-state index contributed by atoms with van der Waals surface area (Å²) < 4.78 is 1.65. The van der Waals surface area contributed by atoms with Gasteiger partial charge in [0.25, 0.3) is 5.91 Å². The average Bonchev–Trinajstić information content (AvgIpc) is 2.93. The van der Waals surface area contributed by atoms with Crippen LogP contribution >= 0.6 is 0 Å². The second-order valence-corrected chi connectivity index (χ2v) is 6.07. The Bertz CT molecular complexity index is 664. The highest BCUT2D eigenvalue weighted by Crippen LogP contribution is 2.21. The maximum absolute atomic E-state index is 12.6. The summed E-state index contributed by atoms with van der Waals surface area (Å²) in [5.74, 6) is 0.571. The predicted molar refractivity (Wildman–Crippen MR) is 84.5 cm³/mol. The molecule has 1 aliphatic heterocycles. The fraction of sp³-hybridized carbons (Fsp3) is 0.471. The molecule has 1 amide bonds. The molecule has 3 heterocycles. The van der Waals surface area contributed by atoms with Crippen LogP contribution < -0.4 is 0 Å². The van der Waals surface area contributed by atoms with Gasteiger partial charge in [-0.05, 0) is 50.3 Å². The first-order valence-corrected chi connectivity index (χ1v) is 7.83. The third-order valence-electron chi connectivity index (χ3n) is 4.29. The van der Waals surface area contributed by atoms with E-state index < -0.39 is 0 Å². The van der Waals surface area contributed by atoms with Crippen molar-refractivity contribution in [3.8, 4) is 0 Å². The Hall–Kier alpha value is -2.17. The van der Waals surface area contributed by atoms with Crippen LogP contribution in [0.2, 0.25) is 0 Å². The van der Waals surface area contributed by atoms with Crippen molar-refractivity contribution in [2.75, 3.05) is 13.1 Å². The van der Waals surface area contributed by atoms with Gasteiger partial charge in [-0.3, -0.25) is 14.5 Å². The van der Waals surface area contributed by atoms with Crippen LogP contribution in [0.5, 0.6) is 0 Å². The zero-order valence-corrected chi connectivity index (χ0v) is 13.2. The highest BCUT2D eigenvalue weighted by atomic mass is 16.2. The normalized spacial score (nSPS) is 18.5. The van der Waals surface area contributed by atoms with Crippen molar-refractivity contribution in [3.63, 3.8) is 0 Å².